The van der Waals surface area contributed by atoms with Gasteiger partial charge in [-0.05, 0) is 31.9 Å². The highest BCUT2D eigenvalue weighted by Gasteiger charge is 2.37. The molecule has 0 saturated carbocycles. The van der Waals surface area contributed by atoms with Crippen LogP contribution in [0.4, 0.5) is 0 Å². The molecule has 1 aromatic carbocycles. The first-order chi connectivity index (χ1) is 11.9. The van der Waals surface area contributed by atoms with Crippen LogP contribution < -0.4 is 5.73 Å². The second-order valence-electron chi connectivity index (χ2n) is 6.02. The number of aliphatic hydroxyl groups is 1. The van der Waals surface area contributed by atoms with E-state index in [1.54, 1.807) is 24.3 Å². The Labute approximate surface area is 149 Å². The highest BCUT2D eigenvalue weighted by Crippen LogP contribution is 2.33. The average molecular weight is 364 g/mol. The highest BCUT2D eigenvalue weighted by atomic mass is 35.5. The molecule has 2 atom stereocenters. The van der Waals surface area contributed by atoms with Crippen molar-refractivity contribution in [2.75, 3.05) is 6.54 Å². The van der Waals surface area contributed by atoms with Crippen molar-refractivity contribution in [3.05, 3.63) is 40.6 Å². The monoisotopic (exact) mass is 363 g/mol. The van der Waals surface area contributed by atoms with E-state index in [-0.39, 0.29) is 11.3 Å². The highest BCUT2D eigenvalue weighted by molar-refractivity contribution is 6.30. The molecule has 1 aliphatic rings. The van der Waals surface area contributed by atoms with Gasteiger partial charge in [0.25, 0.3) is 5.91 Å². The molecule has 8 heteroatoms. The van der Waals surface area contributed by atoms with Crippen LogP contribution in [0.3, 0.4) is 0 Å². The van der Waals surface area contributed by atoms with Crippen LogP contribution in [0.2, 0.25) is 5.02 Å². The van der Waals surface area contributed by atoms with Crippen molar-refractivity contribution < 1.29 is 19.2 Å². The van der Waals surface area contributed by atoms with Gasteiger partial charge in [0.1, 0.15) is 11.7 Å². The van der Waals surface area contributed by atoms with E-state index < -0.39 is 24.0 Å². The van der Waals surface area contributed by atoms with E-state index in [0.717, 1.165) is 0 Å². The van der Waals surface area contributed by atoms with E-state index in [2.05, 4.69) is 5.16 Å². The average Bonchev–Trinajstić information content (AvgIpc) is 3.22. The molecule has 0 radical (unpaired) electrons. The largest absolute Gasteiger partial charge is 0.388 e. The molecule has 3 N–H and O–H groups in total. The first kappa shape index (κ1) is 17.4. The maximum Gasteiger partial charge on any atom is 0.293 e. The van der Waals surface area contributed by atoms with Crippen LogP contribution >= 0.6 is 11.6 Å². The Bertz CT molecular complexity index is 801. The van der Waals surface area contributed by atoms with E-state index in [1.807, 2.05) is 0 Å². The van der Waals surface area contributed by atoms with Crippen LogP contribution in [0.5, 0.6) is 0 Å². The Balaban J connectivity index is 2.01. The zero-order valence-corrected chi connectivity index (χ0v) is 14.4. The van der Waals surface area contributed by atoms with Crippen LogP contribution in [0.1, 0.15) is 42.0 Å². The van der Waals surface area contributed by atoms with Crippen molar-refractivity contribution in [2.24, 2.45) is 5.73 Å². The van der Waals surface area contributed by atoms with Crippen LogP contribution in [-0.2, 0) is 4.79 Å². The minimum Gasteiger partial charge on any atom is -0.388 e. The number of likely N-dealkylation sites (tertiary alicyclic amines) is 1. The van der Waals surface area contributed by atoms with Gasteiger partial charge in [-0.25, -0.2) is 0 Å². The summed E-state index contributed by atoms with van der Waals surface area (Å²) in [6, 6.07) is 6.15. The summed E-state index contributed by atoms with van der Waals surface area (Å²) >= 11 is 5.89. The molecule has 1 fully saturated rings. The second-order valence-corrected chi connectivity index (χ2v) is 6.45. The number of rotatable bonds is 4. The molecule has 0 spiro atoms. The molecule has 1 aliphatic heterocycles. The van der Waals surface area contributed by atoms with Crippen molar-refractivity contribution >= 4 is 23.4 Å². The van der Waals surface area contributed by atoms with Crippen molar-refractivity contribution in [1.82, 2.24) is 10.1 Å². The van der Waals surface area contributed by atoms with Gasteiger partial charge in [-0.1, -0.05) is 28.9 Å². The number of aromatic nitrogens is 1. The first-order valence-electron chi connectivity index (χ1n) is 7.94. The van der Waals surface area contributed by atoms with E-state index >= 15 is 0 Å². The molecular weight excluding hydrogens is 346 g/mol. The number of carbonyl (C=O) groups is 2. The predicted octanol–water partition coefficient (Wildman–Crippen LogP) is 2.14. The van der Waals surface area contributed by atoms with Crippen molar-refractivity contribution in [3.63, 3.8) is 0 Å². The second kappa shape index (κ2) is 6.85. The fraction of sp³-hybridized carbons (Fsp3) is 0.353. The lowest BCUT2D eigenvalue weighted by atomic mass is 10.0. The summed E-state index contributed by atoms with van der Waals surface area (Å²) in [5.41, 5.74) is 6.68. The Hall–Kier alpha value is -2.38. The number of benzene rings is 1. The molecular formula is C17H18ClN3O4. The number of aliphatic hydroxyl groups excluding tert-OH is 1. The third kappa shape index (κ3) is 3.25. The molecule has 1 saturated heterocycles. The minimum atomic E-state index is -0.981. The molecule has 2 aromatic rings. The summed E-state index contributed by atoms with van der Waals surface area (Å²) in [6.45, 7) is 1.93. The third-order valence-corrected chi connectivity index (χ3v) is 4.55. The van der Waals surface area contributed by atoms with Gasteiger partial charge < -0.3 is 20.3 Å². The zero-order valence-electron chi connectivity index (χ0n) is 13.6. The normalized spacial score (nSPS) is 18.4. The number of carbonyl (C=O) groups excluding carboxylic acids is 2. The van der Waals surface area contributed by atoms with Gasteiger partial charge in [-0.2, -0.15) is 0 Å². The number of halogens is 1. The van der Waals surface area contributed by atoms with E-state index in [0.29, 0.717) is 35.7 Å². The van der Waals surface area contributed by atoms with Gasteiger partial charge in [0, 0.05) is 17.1 Å². The van der Waals surface area contributed by atoms with Crippen LogP contribution in [0.25, 0.3) is 11.3 Å². The van der Waals surface area contributed by atoms with Crippen molar-refractivity contribution in [3.8, 4) is 11.3 Å². The smallest absolute Gasteiger partial charge is 0.293 e. The summed E-state index contributed by atoms with van der Waals surface area (Å²) in [5, 5.41) is 14.7. The van der Waals surface area contributed by atoms with Gasteiger partial charge in [0.15, 0.2) is 0 Å². The molecule has 25 heavy (non-hydrogen) atoms. The Kier molecular flexibility index (Phi) is 4.78. The van der Waals surface area contributed by atoms with Crippen molar-refractivity contribution in [2.45, 2.75) is 31.9 Å². The van der Waals surface area contributed by atoms with E-state index in [9.17, 15) is 14.7 Å². The van der Waals surface area contributed by atoms with Gasteiger partial charge in [-0.15, -0.1) is 0 Å². The third-order valence-electron chi connectivity index (χ3n) is 4.30. The Morgan fingerprint density at radius 3 is 2.68 bits per heavy atom. The van der Waals surface area contributed by atoms with E-state index in [4.69, 9.17) is 21.9 Å². The molecule has 2 amide bonds. The number of nitrogens with zero attached hydrogens (tertiary/aromatic N) is 2. The lowest BCUT2D eigenvalue weighted by Crippen LogP contribution is -2.43. The molecule has 2 unspecified atom stereocenters. The number of primary amides is 1. The quantitative estimate of drug-likeness (QED) is 0.864. The van der Waals surface area contributed by atoms with Gasteiger partial charge >= 0.3 is 0 Å². The molecule has 0 bridgehead atoms. The SMILES string of the molecule is CC(O)c1c(-c2ccc(Cl)cc2)noc1C(=O)N1CCCC1C(N)=O. The summed E-state index contributed by atoms with van der Waals surface area (Å²) in [4.78, 5) is 25.8. The molecule has 3 rings (SSSR count). The molecule has 1 aromatic heterocycles. The number of hydrogen-bond acceptors (Lipinski definition) is 5. The van der Waals surface area contributed by atoms with Gasteiger partial charge in [-0.3, -0.25) is 9.59 Å². The van der Waals surface area contributed by atoms with Crippen LogP contribution in [0, 0.1) is 0 Å². The number of hydrogen-bond donors (Lipinski definition) is 2. The fourth-order valence-corrected chi connectivity index (χ4v) is 3.22. The predicted molar refractivity (Wildman–Crippen MR) is 90.8 cm³/mol. The number of amides is 2. The van der Waals surface area contributed by atoms with Crippen molar-refractivity contribution in [1.29, 1.82) is 0 Å². The fourth-order valence-electron chi connectivity index (χ4n) is 3.09. The molecule has 0 aliphatic carbocycles. The molecule has 2 heterocycles. The summed E-state index contributed by atoms with van der Waals surface area (Å²) in [7, 11) is 0. The van der Waals surface area contributed by atoms with E-state index in [1.165, 1.54) is 11.8 Å². The summed E-state index contributed by atoms with van der Waals surface area (Å²) in [6.07, 6.45) is 0.218. The van der Waals surface area contributed by atoms with Crippen LogP contribution in [0.15, 0.2) is 28.8 Å². The van der Waals surface area contributed by atoms with Gasteiger partial charge in [0.05, 0.1) is 11.7 Å². The summed E-state index contributed by atoms with van der Waals surface area (Å²) in [5.74, 6) is -1.13. The maximum absolute atomic E-state index is 12.8. The molecule has 7 nitrogen and oxygen atoms in total. The topological polar surface area (TPSA) is 110 Å². The Morgan fingerprint density at radius 2 is 2.08 bits per heavy atom. The lowest BCUT2D eigenvalue weighted by molar-refractivity contribution is -0.121. The number of nitrogens with two attached hydrogens (primary N) is 1. The maximum atomic E-state index is 12.8. The minimum absolute atomic E-state index is 0.0758. The van der Waals surface area contributed by atoms with Gasteiger partial charge in [0.2, 0.25) is 11.7 Å². The summed E-state index contributed by atoms with van der Waals surface area (Å²) < 4.78 is 5.26. The zero-order chi connectivity index (χ0) is 18.1. The first-order valence-corrected chi connectivity index (χ1v) is 8.31. The lowest BCUT2D eigenvalue weighted by Gasteiger charge is -2.21. The standard InChI is InChI=1S/C17H18ClN3O4/c1-9(22)13-14(10-4-6-11(18)7-5-10)20-25-15(13)17(24)21-8-2-3-12(21)16(19)23/h4-7,9,12,22H,2-3,8H2,1H3,(H2,19,23). The molecule has 132 valence electrons. The van der Waals surface area contributed by atoms with Crippen LogP contribution in [-0.4, -0.2) is 39.6 Å². The Morgan fingerprint density at radius 1 is 1.40 bits per heavy atom.